The molecule has 0 heterocycles. The Kier molecular flexibility index (Phi) is 4.47. The Balaban J connectivity index is 1.96. The SMILES string of the molecule is CC(O)(CNCc1ccccc1F)c1ccc(F)cc1. The molecule has 0 aliphatic carbocycles. The first-order valence-corrected chi connectivity index (χ1v) is 6.41. The lowest BCUT2D eigenvalue weighted by Gasteiger charge is -2.24. The van der Waals surface area contributed by atoms with E-state index in [-0.39, 0.29) is 18.2 Å². The van der Waals surface area contributed by atoms with Gasteiger partial charge in [0.2, 0.25) is 0 Å². The summed E-state index contributed by atoms with van der Waals surface area (Å²) in [7, 11) is 0. The molecule has 2 aromatic carbocycles. The van der Waals surface area contributed by atoms with Gasteiger partial charge in [-0.2, -0.15) is 0 Å². The summed E-state index contributed by atoms with van der Waals surface area (Å²) in [6, 6.07) is 12.2. The molecule has 106 valence electrons. The van der Waals surface area contributed by atoms with Crippen LogP contribution in [0.4, 0.5) is 8.78 Å². The van der Waals surface area contributed by atoms with Crippen LogP contribution in [0.15, 0.2) is 48.5 Å². The largest absolute Gasteiger partial charge is 0.384 e. The second-order valence-corrected chi connectivity index (χ2v) is 4.98. The number of aliphatic hydroxyl groups is 1. The summed E-state index contributed by atoms with van der Waals surface area (Å²) in [5.74, 6) is -0.620. The Morgan fingerprint density at radius 2 is 1.70 bits per heavy atom. The maximum atomic E-state index is 13.4. The Bertz CT molecular complexity index is 567. The normalized spacial score (nSPS) is 14.0. The van der Waals surface area contributed by atoms with E-state index in [2.05, 4.69) is 5.32 Å². The van der Waals surface area contributed by atoms with E-state index < -0.39 is 5.60 Å². The van der Waals surface area contributed by atoms with E-state index >= 15 is 0 Å². The summed E-state index contributed by atoms with van der Waals surface area (Å²) < 4.78 is 26.3. The molecule has 0 amide bonds. The molecule has 0 radical (unpaired) electrons. The van der Waals surface area contributed by atoms with Gasteiger partial charge >= 0.3 is 0 Å². The number of hydrogen-bond donors (Lipinski definition) is 2. The van der Waals surface area contributed by atoms with Crippen molar-refractivity contribution in [1.82, 2.24) is 5.32 Å². The first-order chi connectivity index (χ1) is 9.49. The van der Waals surface area contributed by atoms with E-state index in [1.165, 1.54) is 18.2 Å². The molecular formula is C16H17F2NO. The van der Waals surface area contributed by atoms with E-state index in [1.54, 1.807) is 37.3 Å². The minimum atomic E-state index is -1.14. The predicted molar refractivity (Wildman–Crippen MR) is 74.1 cm³/mol. The molecule has 0 aromatic heterocycles. The van der Waals surface area contributed by atoms with E-state index in [1.807, 2.05) is 0 Å². The van der Waals surface area contributed by atoms with Crippen molar-refractivity contribution in [2.75, 3.05) is 6.54 Å². The topological polar surface area (TPSA) is 32.3 Å². The van der Waals surface area contributed by atoms with Gasteiger partial charge in [0, 0.05) is 18.7 Å². The van der Waals surface area contributed by atoms with Crippen LogP contribution >= 0.6 is 0 Å². The molecule has 0 aliphatic rings. The molecular weight excluding hydrogens is 260 g/mol. The van der Waals surface area contributed by atoms with Gasteiger partial charge in [-0.1, -0.05) is 30.3 Å². The molecule has 2 N–H and O–H groups in total. The van der Waals surface area contributed by atoms with Crippen LogP contribution in [-0.2, 0) is 12.1 Å². The second kappa shape index (κ2) is 6.11. The number of benzene rings is 2. The molecule has 0 saturated carbocycles. The zero-order valence-electron chi connectivity index (χ0n) is 11.2. The summed E-state index contributed by atoms with van der Waals surface area (Å²) in [6.45, 7) is 2.20. The first kappa shape index (κ1) is 14.6. The molecule has 0 aliphatic heterocycles. The van der Waals surface area contributed by atoms with Gasteiger partial charge < -0.3 is 10.4 Å². The Hall–Kier alpha value is -1.78. The molecule has 1 atom stereocenters. The van der Waals surface area contributed by atoms with Crippen molar-refractivity contribution in [2.24, 2.45) is 0 Å². The van der Waals surface area contributed by atoms with Crippen LogP contribution in [0.3, 0.4) is 0 Å². The number of nitrogens with one attached hydrogen (secondary N) is 1. The van der Waals surface area contributed by atoms with Crippen molar-refractivity contribution in [3.63, 3.8) is 0 Å². The lowest BCUT2D eigenvalue weighted by atomic mass is 9.96. The van der Waals surface area contributed by atoms with Crippen LogP contribution in [0, 0.1) is 11.6 Å². The predicted octanol–water partition coefficient (Wildman–Crippen LogP) is 2.96. The summed E-state index contributed by atoms with van der Waals surface area (Å²) >= 11 is 0. The lowest BCUT2D eigenvalue weighted by Crippen LogP contribution is -2.35. The highest BCUT2D eigenvalue weighted by atomic mass is 19.1. The van der Waals surface area contributed by atoms with Crippen LogP contribution in [0.5, 0.6) is 0 Å². The molecule has 4 heteroatoms. The Morgan fingerprint density at radius 3 is 2.35 bits per heavy atom. The van der Waals surface area contributed by atoms with Crippen molar-refractivity contribution in [2.45, 2.75) is 19.1 Å². The molecule has 0 saturated heterocycles. The highest BCUT2D eigenvalue weighted by Gasteiger charge is 2.22. The standard InChI is InChI=1S/C16H17F2NO/c1-16(20,13-6-8-14(17)9-7-13)11-19-10-12-4-2-3-5-15(12)18/h2-9,19-20H,10-11H2,1H3. The molecule has 0 fully saturated rings. The smallest absolute Gasteiger partial charge is 0.127 e. The van der Waals surface area contributed by atoms with Gasteiger partial charge in [0.15, 0.2) is 0 Å². The second-order valence-electron chi connectivity index (χ2n) is 4.98. The van der Waals surface area contributed by atoms with Crippen molar-refractivity contribution >= 4 is 0 Å². The van der Waals surface area contributed by atoms with Crippen LogP contribution in [0.2, 0.25) is 0 Å². The van der Waals surface area contributed by atoms with E-state index in [4.69, 9.17) is 0 Å². The van der Waals surface area contributed by atoms with Crippen LogP contribution in [-0.4, -0.2) is 11.7 Å². The Labute approximate surface area is 117 Å². The summed E-state index contributed by atoms with van der Waals surface area (Å²) in [4.78, 5) is 0. The van der Waals surface area contributed by atoms with E-state index in [0.29, 0.717) is 17.7 Å². The van der Waals surface area contributed by atoms with Crippen LogP contribution < -0.4 is 5.32 Å². The minimum Gasteiger partial charge on any atom is -0.384 e. The fraction of sp³-hybridized carbons (Fsp3) is 0.250. The van der Waals surface area contributed by atoms with Crippen molar-refractivity contribution in [3.8, 4) is 0 Å². The van der Waals surface area contributed by atoms with Crippen molar-refractivity contribution in [3.05, 3.63) is 71.3 Å². The molecule has 20 heavy (non-hydrogen) atoms. The minimum absolute atomic E-state index is 0.243. The number of hydrogen-bond acceptors (Lipinski definition) is 2. The molecule has 2 rings (SSSR count). The summed E-state index contributed by atoms with van der Waals surface area (Å²) in [5.41, 5.74) is 0.0150. The van der Waals surface area contributed by atoms with Crippen LogP contribution in [0.25, 0.3) is 0 Å². The molecule has 1 unspecified atom stereocenters. The molecule has 0 bridgehead atoms. The maximum absolute atomic E-state index is 13.4. The van der Waals surface area contributed by atoms with E-state index in [9.17, 15) is 13.9 Å². The third kappa shape index (κ3) is 3.62. The van der Waals surface area contributed by atoms with Gasteiger partial charge in [0.25, 0.3) is 0 Å². The zero-order chi connectivity index (χ0) is 14.6. The maximum Gasteiger partial charge on any atom is 0.127 e. The van der Waals surface area contributed by atoms with Gasteiger partial charge in [-0.15, -0.1) is 0 Å². The average molecular weight is 277 g/mol. The average Bonchev–Trinajstić information content (AvgIpc) is 2.41. The number of rotatable bonds is 5. The van der Waals surface area contributed by atoms with E-state index in [0.717, 1.165) is 0 Å². The van der Waals surface area contributed by atoms with Gasteiger partial charge in [-0.3, -0.25) is 0 Å². The lowest BCUT2D eigenvalue weighted by molar-refractivity contribution is 0.0565. The van der Waals surface area contributed by atoms with Gasteiger partial charge in [-0.25, -0.2) is 8.78 Å². The fourth-order valence-electron chi connectivity index (χ4n) is 1.99. The van der Waals surface area contributed by atoms with Crippen molar-refractivity contribution < 1.29 is 13.9 Å². The summed E-state index contributed by atoms with van der Waals surface area (Å²) in [5, 5.41) is 13.4. The Morgan fingerprint density at radius 1 is 1.05 bits per heavy atom. The third-order valence-electron chi connectivity index (χ3n) is 3.21. The first-order valence-electron chi connectivity index (χ1n) is 6.41. The van der Waals surface area contributed by atoms with Crippen LogP contribution in [0.1, 0.15) is 18.1 Å². The monoisotopic (exact) mass is 277 g/mol. The molecule has 2 aromatic rings. The molecule has 2 nitrogen and oxygen atoms in total. The highest BCUT2D eigenvalue weighted by Crippen LogP contribution is 2.20. The third-order valence-corrected chi connectivity index (χ3v) is 3.21. The highest BCUT2D eigenvalue weighted by molar-refractivity contribution is 5.23. The van der Waals surface area contributed by atoms with Crippen molar-refractivity contribution in [1.29, 1.82) is 0 Å². The van der Waals surface area contributed by atoms with Gasteiger partial charge in [0.1, 0.15) is 11.6 Å². The quantitative estimate of drug-likeness (QED) is 0.880. The summed E-state index contributed by atoms with van der Waals surface area (Å²) in [6.07, 6.45) is 0. The van der Waals surface area contributed by atoms with Gasteiger partial charge in [-0.05, 0) is 30.7 Å². The fourth-order valence-corrected chi connectivity index (χ4v) is 1.99. The zero-order valence-corrected chi connectivity index (χ0v) is 11.2. The van der Waals surface area contributed by atoms with Gasteiger partial charge in [0.05, 0.1) is 5.60 Å². The number of halogens is 2. The molecule has 0 spiro atoms.